The normalized spacial score (nSPS) is 18.6. The molecule has 0 spiro atoms. The Morgan fingerprint density at radius 3 is 2.61 bits per heavy atom. The van der Waals surface area contributed by atoms with Gasteiger partial charge in [-0.2, -0.15) is 0 Å². The summed E-state index contributed by atoms with van der Waals surface area (Å²) in [7, 11) is 0. The van der Waals surface area contributed by atoms with Gasteiger partial charge in [0, 0.05) is 38.1 Å². The fourth-order valence-corrected chi connectivity index (χ4v) is 3.20. The molecule has 1 aliphatic rings. The van der Waals surface area contributed by atoms with Crippen molar-refractivity contribution in [2.24, 2.45) is 4.99 Å². The fraction of sp³-hybridized carbons (Fsp3) is 0.667. The molecule has 1 atom stereocenters. The zero-order valence-electron chi connectivity index (χ0n) is 17.6. The first kappa shape index (κ1) is 22.6. The highest BCUT2D eigenvalue weighted by Gasteiger charge is 2.26. The standard InChI is InChI=1S/C21H35FN4O2/c1-5-23-19(24-14-20(2,3)17-7-6-8-18(22)13-17)25-15-21(4,27)16-26-9-11-28-12-10-26/h6-8,13,27H,5,9-12,14-16H2,1-4H3,(H2,23,24,25). The molecule has 1 aromatic carbocycles. The molecule has 3 N–H and O–H groups in total. The van der Waals surface area contributed by atoms with E-state index in [-0.39, 0.29) is 11.2 Å². The second-order valence-electron chi connectivity index (χ2n) is 8.33. The zero-order chi connectivity index (χ0) is 20.6. The van der Waals surface area contributed by atoms with Crippen LogP contribution in [-0.2, 0) is 10.2 Å². The molecule has 0 amide bonds. The highest BCUT2D eigenvalue weighted by atomic mass is 19.1. The molecule has 0 radical (unpaired) electrons. The van der Waals surface area contributed by atoms with Crippen molar-refractivity contribution in [1.82, 2.24) is 15.5 Å². The van der Waals surface area contributed by atoms with Crippen LogP contribution in [0.5, 0.6) is 0 Å². The lowest BCUT2D eigenvalue weighted by molar-refractivity contribution is -0.0180. The maximum atomic E-state index is 13.6. The second kappa shape index (κ2) is 10.2. The van der Waals surface area contributed by atoms with Crippen LogP contribution in [0, 0.1) is 5.82 Å². The molecule has 0 saturated carbocycles. The Morgan fingerprint density at radius 1 is 1.25 bits per heavy atom. The number of rotatable bonds is 8. The molecular weight excluding hydrogens is 359 g/mol. The molecule has 1 fully saturated rings. The van der Waals surface area contributed by atoms with E-state index in [1.807, 2.05) is 19.9 Å². The van der Waals surface area contributed by atoms with Gasteiger partial charge >= 0.3 is 0 Å². The molecule has 28 heavy (non-hydrogen) atoms. The topological polar surface area (TPSA) is 69.1 Å². The Hall–Kier alpha value is -1.70. The van der Waals surface area contributed by atoms with Crippen LogP contribution in [0.15, 0.2) is 29.3 Å². The number of nitrogens with zero attached hydrogens (tertiary/aromatic N) is 2. The Labute approximate surface area is 168 Å². The maximum Gasteiger partial charge on any atom is 0.191 e. The van der Waals surface area contributed by atoms with Crippen LogP contribution in [0.25, 0.3) is 0 Å². The third-order valence-corrected chi connectivity index (χ3v) is 4.89. The number of aliphatic hydroxyl groups is 1. The highest BCUT2D eigenvalue weighted by molar-refractivity contribution is 5.79. The van der Waals surface area contributed by atoms with Gasteiger partial charge < -0.3 is 20.5 Å². The smallest absolute Gasteiger partial charge is 0.191 e. The van der Waals surface area contributed by atoms with Crippen LogP contribution < -0.4 is 10.6 Å². The molecule has 1 aromatic rings. The van der Waals surface area contributed by atoms with E-state index in [2.05, 4.69) is 34.4 Å². The van der Waals surface area contributed by atoms with Crippen molar-refractivity contribution in [1.29, 1.82) is 0 Å². The van der Waals surface area contributed by atoms with Crippen molar-refractivity contribution in [3.05, 3.63) is 35.6 Å². The number of hydrogen-bond donors (Lipinski definition) is 3. The summed E-state index contributed by atoms with van der Waals surface area (Å²) in [5, 5.41) is 17.3. The molecule has 7 heteroatoms. The van der Waals surface area contributed by atoms with Gasteiger partial charge in [0.1, 0.15) is 5.82 Å². The monoisotopic (exact) mass is 394 g/mol. The van der Waals surface area contributed by atoms with E-state index in [4.69, 9.17) is 4.74 Å². The van der Waals surface area contributed by atoms with Crippen LogP contribution >= 0.6 is 0 Å². The molecule has 6 nitrogen and oxygen atoms in total. The van der Waals surface area contributed by atoms with Gasteiger partial charge in [0.05, 0.1) is 25.4 Å². The van der Waals surface area contributed by atoms with Crippen molar-refractivity contribution < 1.29 is 14.2 Å². The number of benzene rings is 1. The summed E-state index contributed by atoms with van der Waals surface area (Å²) in [6, 6.07) is 6.68. The Bertz CT molecular complexity index is 643. The third-order valence-electron chi connectivity index (χ3n) is 4.89. The molecule has 0 aliphatic carbocycles. The van der Waals surface area contributed by atoms with Crippen LogP contribution in [-0.4, -0.2) is 74.0 Å². The molecule has 0 bridgehead atoms. The summed E-state index contributed by atoms with van der Waals surface area (Å²) in [5.41, 5.74) is -0.262. The Balaban J connectivity index is 1.95. The van der Waals surface area contributed by atoms with Crippen molar-refractivity contribution in [2.45, 2.75) is 38.7 Å². The first-order valence-corrected chi connectivity index (χ1v) is 10.0. The molecule has 1 aliphatic heterocycles. The van der Waals surface area contributed by atoms with E-state index >= 15 is 0 Å². The van der Waals surface area contributed by atoms with Crippen LogP contribution in [0.4, 0.5) is 4.39 Å². The van der Waals surface area contributed by atoms with E-state index in [1.165, 1.54) is 6.07 Å². The summed E-state index contributed by atoms with van der Waals surface area (Å²) in [5.74, 6) is 0.416. The van der Waals surface area contributed by atoms with Crippen LogP contribution in [0.2, 0.25) is 0 Å². The predicted octanol–water partition coefficient (Wildman–Crippen LogP) is 1.74. The van der Waals surface area contributed by atoms with Gasteiger partial charge in [0.25, 0.3) is 0 Å². The number of aliphatic imine (C=N–C) groups is 1. The van der Waals surface area contributed by atoms with Crippen molar-refractivity contribution in [3.8, 4) is 0 Å². The molecule has 158 valence electrons. The Kier molecular flexibility index (Phi) is 8.22. The lowest BCUT2D eigenvalue weighted by Gasteiger charge is -2.33. The maximum absolute atomic E-state index is 13.6. The summed E-state index contributed by atoms with van der Waals surface area (Å²) < 4.78 is 18.9. The van der Waals surface area contributed by atoms with Gasteiger partial charge in [-0.25, -0.2) is 4.39 Å². The van der Waals surface area contributed by atoms with Gasteiger partial charge in [0.2, 0.25) is 0 Å². The average molecular weight is 395 g/mol. The summed E-state index contributed by atoms with van der Waals surface area (Å²) in [6.07, 6.45) is 0. The van der Waals surface area contributed by atoms with Crippen molar-refractivity contribution in [3.63, 3.8) is 0 Å². The SMILES string of the molecule is CCNC(=NCC(C)(O)CN1CCOCC1)NCC(C)(C)c1cccc(F)c1. The predicted molar refractivity (Wildman–Crippen MR) is 111 cm³/mol. The lowest BCUT2D eigenvalue weighted by atomic mass is 9.84. The molecule has 0 aromatic heterocycles. The van der Waals surface area contributed by atoms with Gasteiger partial charge in [0.15, 0.2) is 5.96 Å². The molecule has 1 heterocycles. The summed E-state index contributed by atoms with van der Waals surface area (Å²) >= 11 is 0. The van der Waals surface area contributed by atoms with Crippen LogP contribution in [0.1, 0.15) is 33.3 Å². The number of ether oxygens (including phenoxy) is 1. The zero-order valence-corrected chi connectivity index (χ0v) is 17.6. The lowest BCUT2D eigenvalue weighted by Crippen LogP contribution is -2.48. The summed E-state index contributed by atoms with van der Waals surface area (Å²) in [6.45, 7) is 13.2. The minimum absolute atomic E-state index is 0.231. The van der Waals surface area contributed by atoms with Crippen molar-refractivity contribution >= 4 is 5.96 Å². The number of guanidine groups is 1. The van der Waals surface area contributed by atoms with E-state index in [0.29, 0.717) is 38.8 Å². The largest absolute Gasteiger partial charge is 0.387 e. The molecule has 1 saturated heterocycles. The number of morpholine rings is 1. The van der Waals surface area contributed by atoms with Crippen molar-refractivity contribution in [2.75, 3.05) is 52.5 Å². The average Bonchev–Trinajstić information content (AvgIpc) is 2.64. The highest BCUT2D eigenvalue weighted by Crippen LogP contribution is 2.22. The van der Waals surface area contributed by atoms with E-state index in [1.54, 1.807) is 12.1 Å². The minimum atomic E-state index is -0.919. The van der Waals surface area contributed by atoms with Gasteiger partial charge in [-0.1, -0.05) is 26.0 Å². The third kappa shape index (κ3) is 7.37. The molecule has 1 unspecified atom stereocenters. The quantitative estimate of drug-likeness (QED) is 0.463. The first-order chi connectivity index (χ1) is 13.2. The van der Waals surface area contributed by atoms with E-state index < -0.39 is 5.60 Å². The van der Waals surface area contributed by atoms with Gasteiger partial charge in [-0.05, 0) is 31.5 Å². The fourth-order valence-electron chi connectivity index (χ4n) is 3.20. The van der Waals surface area contributed by atoms with E-state index in [9.17, 15) is 9.50 Å². The number of hydrogen-bond acceptors (Lipinski definition) is 4. The summed E-state index contributed by atoms with van der Waals surface area (Å²) in [4.78, 5) is 6.78. The first-order valence-electron chi connectivity index (χ1n) is 10.0. The Morgan fingerprint density at radius 2 is 1.96 bits per heavy atom. The number of β-amino-alcohol motifs (C(OH)–C–C–N with tert-alkyl or cyclic N) is 1. The van der Waals surface area contributed by atoms with Gasteiger partial charge in [-0.3, -0.25) is 9.89 Å². The number of halogens is 1. The van der Waals surface area contributed by atoms with Gasteiger partial charge in [-0.15, -0.1) is 0 Å². The van der Waals surface area contributed by atoms with E-state index in [0.717, 1.165) is 25.2 Å². The molecule has 2 rings (SSSR count). The second-order valence-corrected chi connectivity index (χ2v) is 8.33. The minimum Gasteiger partial charge on any atom is -0.387 e. The molecular formula is C21H35FN4O2. The van der Waals surface area contributed by atoms with Crippen LogP contribution in [0.3, 0.4) is 0 Å². The number of nitrogens with one attached hydrogen (secondary N) is 2.